The maximum absolute atomic E-state index is 12.6. The van der Waals surface area contributed by atoms with Crippen LogP contribution in [0, 0.1) is 0 Å². The zero-order valence-corrected chi connectivity index (χ0v) is 15.7. The zero-order chi connectivity index (χ0) is 19.1. The van der Waals surface area contributed by atoms with Gasteiger partial charge in [0, 0.05) is 25.6 Å². The van der Waals surface area contributed by atoms with E-state index in [2.05, 4.69) is 4.98 Å². The second-order valence-electron chi connectivity index (χ2n) is 6.29. The van der Waals surface area contributed by atoms with Crippen molar-refractivity contribution in [1.82, 2.24) is 13.3 Å². The number of fused-ring (bicyclic) bond motifs is 1. The normalized spacial score (nSPS) is 13.4. The monoisotopic (exact) mass is 374 g/mol. The fraction of sp³-hybridized carbons (Fsp3) is 0.278. The Morgan fingerprint density at radius 3 is 2.54 bits per heavy atom. The van der Waals surface area contributed by atoms with Gasteiger partial charge in [-0.1, -0.05) is 31.2 Å². The van der Waals surface area contributed by atoms with Crippen LogP contribution in [-0.4, -0.2) is 40.9 Å². The molecule has 0 aliphatic carbocycles. The van der Waals surface area contributed by atoms with E-state index in [0.717, 1.165) is 25.8 Å². The second kappa shape index (κ2) is 6.62. The number of nitrogen functional groups attached to an aromatic ring is 1. The van der Waals surface area contributed by atoms with Crippen molar-refractivity contribution < 1.29 is 13.5 Å². The van der Waals surface area contributed by atoms with Gasteiger partial charge in [-0.3, -0.25) is 0 Å². The number of para-hydroxylation sites is 1. The first-order chi connectivity index (χ1) is 12.3. The smallest absolute Gasteiger partial charge is 0.310 e. The number of aromatic hydroxyl groups is 1. The average molecular weight is 374 g/mol. The molecule has 26 heavy (non-hydrogen) atoms. The van der Waals surface area contributed by atoms with E-state index in [-0.39, 0.29) is 17.6 Å². The van der Waals surface area contributed by atoms with Crippen LogP contribution in [-0.2, 0) is 10.2 Å². The molecule has 1 atom stereocenters. The van der Waals surface area contributed by atoms with Gasteiger partial charge in [-0.2, -0.15) is 16.7 Å². The third-order valence-electron chi connectivity index (χ3n) is 4.48. The quantitative estimate of drug-likeness (QED) is 0.714. The topological polar surface area (TPSA) is 101 Å². The van der Waals surface area contributed by atoms with Crippen molar-refractivity contribution in [3.05, 3.63) is 53.6 Å². The summed E-state index contributed by atoms with van der Waals surface area (Å²) < 4.78 is 27.4. The van der Waals surface area contributed by atoms with E-state index in [9.17, 15) is 13.5 Å². The van der Waals surface area contributed by atoms with Crippen LogP contribution < -0.4 is 5.73 Å². The Hall–Kier alpha value is -2.58. The highest BCUT2D eigenvalue weighted by Crippen LogP contribution is 2.35. The number of hydrogen-bond donors (Lipinski definition) is 2. The standard InChI is InChI=1S/C18H22N4O3S/c1-4-13(14-7-5-6-8-17(14)23)12-9-10-15-16(11-12)22(18(19)20-15)26(24,25)21(2)3/h5-11,13,23H,4H2,1-3H3,(H2,19,20). The minimum absolute atomic E-state index is 0.0766. The molecule has 0 aliphatic rings. The SMILES string of the molecule is CCC(c1ccc2nc(N)n(S(=O)(=O)N(C)C)c2c1)c1ccccc1O. The van der Waals surface area contributed by atoms with Gasteiger partial charge in [0.25, 0.3) is 0 Å². The summed E-state index contributed by atoms with van der Waals surface area (Å²) in [5.74, 6) is 0.0575. The molecule has 0 fully saturated rings. The van der Waals surface area contributed by atoms with Crippen LogP contribution in [0.2, 0.25) is 0 Å². The maximum Gasteiger partial charge on any atom is 0.310 e. The van der Waals surface area contributed by atoms with Crippen molar-refractivity contribution in [2.24, 2.45) is 0 Å². The lowest BCUT2D eigenvalue weighted by Crippen LogP contribution is -2.29. The first-order valence-corrected chi connectivity index (χ1v) is 9.65. The molecule has 8 heteroatoms. The number of benzene rings is 2. The molecule has 2 aromatic carbocycles. The predicted molar refractivity (Wildman–Crippen MR) is 102 cm³/mol. The Bertz CT molecular complexity index is 1060. The second-order valence-corrected chi connectivity index (χ2v) is 8.28. The van der Waals surface area contributed by atoms with Gasteiger partial charge in [0.1, 0.15) is 5.75 Å². The van der Waals surface area contributed by atoms with Gasteiger partial charge < -0.3 is 10.8 Å². The molecular weight excluding hydrogens is 352 g/mol. The van der Waals surface area contributed by atoms with Gasteiger partial charge in [0.05, 0.1) is 11.0 Å². The van der Waals surface area contributed by atoms with Gasteiger partial charge >= 0.3 is 10.2 Å². The van der Waals surface area contributed by atoms with Crippen molar-refractivity contribution >= 4 is 27.2 Å². The summed E-state index contributed by atoms with van der Waals surface area (Å²) in [5.41, 5.74) is 8.48. The molecular formula is C18H22N4O3S. The molecule has 0 spiro atoms. The molecule has 3 rings (SSSR count). The minimum atomic E-state index is -3.80. The van der Waals surface area contributed by atoms with E-state index in [1.54, 1.807) is 24.3 Å². The third kappa shape index (κ3) is 2.91. The van der Waals surface area contributed by atoms with Crippen LogP contribution in [0.5, 0.6) is 5.75 Å². The molecule has 3 aromatic rings. The van der Waals surface area contributed by atoms with Crippen molar-refractivity contribution in [3.63, 3.8) is 0 Å². The lowest BCUT2D eigenvalue weighted by atomic mass is 9.88. The summed E-state index contributed by atoms with van der Waals surface area (Å²) in [6, 6.07) is 12.6. The highest BCUT2D eigenvalue weighted by atomic mass is 32.2. The van der Waals surface area contributed by atoms with E-state index >= 15 is 0 Å². The van der Waals surface area contributed by atoms with Crippen LogP contribution in [0.25, 0.3) is 11.0 Å². The summed E-state index contributed by atoms with van der Waals surface area (Å²) >= 11 is 0. The Morgan fingerprint density at radius 2 is 1.92 bits per heavy atom. The van der Waals surface area contributed by atoms with Gasteiger partial charge in [0.15, 0.2) is 0 Å². The molecule has 7 nitrogen and oxygen atoms in total. The zero-order valence-electron chi connectivity index (χ0n) is 14.9. The van der Waals surface area contributed by atoms with Gasteiger partial charge in [-0.15, -0.1) is 0 Å². The summed E-state index contributed by atoms with van der Waals surface area (Å²) in [5, 5.41) is 10.2. The third-order valence-corrected chi connectivity index (χ3v) is 6.24. The number of phenolic OH excluding ortho intramolecular Hbond substituents is 1. The van der Waals surface area contributed by atoms with Crippen molar-refractivity contribution in [1.29, 1.82) is 0 Å². The van der Waals surface area contributed by atoms with Crippen molar-refractivity contribution in [2.45, 2.75) is 19.3 Å². The predicted octanol–water partition coefficient (Wildman–Crippen LogP) is 2.52. The number of nitrogens with zero attached hydrogens (tertiary/aromatic N) is 3. The van der Waals surface area contributed by atoms with Crippen molar-refractivity contribution in [3.8, 4) is 5.75 Å². The Labute approximate surface area is 152 Å². The number of imidazole rings is 1. The Morgan fingerprint density at radius 1 is 1.23 bits per heavy atom. The molecule has 0 saturated carbocycles. The molecule has 3 N–H and O–H groups in total. The summed E-state index contributed by atoms with van der Waals surface area (Å²) in [4.78, 5) is 4.16. The van der Waals surface area contributed by atoms with Gasteiger partial charge in [-0.05, 0) is 30.2 Å². The number of nitrogens with two attached hydrogens (primary N) is 1. The van der Waals surface area contributed by atoms with Crippen LogP contribution in [0.1, 0.15) is 30.4 Å². The highest BCUT2D eigenvalue weighted by molar-refractivity contribution is 7.87. The minimum Gasteiger partial charge on any atom is -0.508 e. The lowest BCUT2D eigenvalue weighted by Gasteiger charge is -2.18. The summed E-state index contributed by atoms with van der Waals surface area (Å²) in [6.45, 7) is 2.02. The number of hydrogen-bond acceptors (Lipinski definition) is 5. The van der Waals surface area contributed by atoms with Gasteiger partial charge in [0.2, 0.25) is 5.95 Å². The number of anilines is 1. The summed E-state index contributed by atoms with van der Waals surface area (Å²) in [6.07, 6.45) is 0.743. The molecule has 0 aliphatic heterocycles. The molecule has 1 unspecified atom stereocenters. The summed E-state index contributed by atoms with van der Waals surface area (Å²) in [7, 11) is -0.908. The molecule has 0 saturated heterocycles. The Balaban J connectivity index is 2.22. The lowest BCUT2D eigenvalue weighted by molar-refractivity contribution is 0.464. The highest BCUT2D eigenvalue weighted by Gasteiger charge is 2.24. The molecule has 1 heterocycles. The number of phenols is 1. The van der Waals surface area contributed by atoms with E-state index in [4.69, 9.17) is 5.73 Å². The van der Waals surface area contributed by atoms with Gasteiger partial charge in [-0.25, -0.2) is 4.98 Å². The molecule has 138 valence electrons. The van der Waals surface area contributed by atoms with Crippen LogP contribution in [0.4, 0.5) is 5.95 Å². The number of aromatic nitrogens is 2. The fourth-order valence-corrected chi connectivity index (χ4v) is 4.13. The molecule has 1 aromatic heterocycles. The van der Waals surface area contributed by atoms with Crippen LogP contribution >= 0.6 is 0 Å². The van der Waals surface area contributed by atoms with E-state index < -0.39 is 10.2 Å². The molecule has 0 amide bonds. The van der Waals surface area contributed by atoms with E-state index in [1.807, 2.05) is 25.1 Å². The number of rotatable bonds is 5. The molecule has 0 bridgehead atoms. The fourth-order valence-electron chi connectivity index (χ4n) is 3.13. The maximum atomic E-state index is 12.6. The van der Waals surface area contributed by atoms with E-state index in [0.29, 0.717) is 11.0 Å². The average Bonchev–Trinajstić information content (AvgIpc) is 2.92. The van der Waals surface area contributed by atoms with Crippen LogP contribution in [0.3, 0.4) is 0 Å². The van der Waals surface area contributed by atoms with Crippen molar-refractivity contribution in [2.75, 3.05) is 19.8 Å². The van der Waals surface area contributed by atoms with Crippen LogP contribution in [0.15, 0.2) is 42.5 Å². The molecule has 0 radical (unpaired) electrons. The first kappa shape index (κ1) is 18.2. The Kier molecular flexibility index (Phi) is 4.64. The first-order valence-electron chi connectivity index (χ1n) is 8.26. The van der Waals surface area contributed by atoms with E-state index in [1.165, 1.54) is 14.1 Å². The largest absolute Gasteiger partial charge is 0.508 e.